The lowest BCUT2D eigenvalue weighted by Gasteiger charge is -2.06. The maximum absolute atomic E-state index is 5.80. The molecular weight excluding hydrogens is 224 g/mol. The van der Waals surface area contributed by atoms with Crippen molar-refractivity contribution in [2.45, 2.75) is 19.6 Å². The lowest BCUT2D eigenvalue weighted by molar-refractivity contribution is 1.30. The molecule has 1 aromatic heterocycles. The first-order valence-electron chi connectivity index (χ1n) is 4.79. The van der Waals surface area contributed by atoms with Crippen LogP contribution in [0.1, 0.15) is 5.56 Å². The zero-order valence-corrected chi connectivity index (χ0v) is 11.2. The van der Waals surface area contributed by atoms with E-state index in [0.717, 1.165) is 11.3 Å². The van der Waals surface area contributed by atoms with Gasteiger partial charge in [0.25, 0.3) is 0 Å². The van der Waals surface area contributed by atoms with E-state index in [-0.39, 0.29) is 0 Å². The van der Waals surface area contributed by atoms with E-state index in [0.29, 0.717) is 5.15 Å². The van der Waals surface area contributed by atoms with Gasteiger partial charge in [0.2, 0.25) is 0 Å². The largest absolute Gasteiger partial charge is 0.387 e. The average molecular weight is 239 g/mol. The highest BCUT2D eigenvalue weighted by molar-refractivity contribution is 6.83. The summed E-state index contributed by atoms with van der Waals surface area (Å²) in [6, 6.07) is 1.79. The molecule has 0 aliphatic rings. The Balaban J connectivity index is 3.08. The molecule has 0 saturated carbocycles. The molecule has 15 heavy (non-hydrogen) atoms. The Labute approximate surface area is 97.1 Å². The molecule has 2 nitrogen and oxygen atoms in total. The fourth-order valence-corrected chi connectivity index (χ4v) is 1.66. The van der Waals surface area contributed by atoms with Gasteiger partial charge in [-0.2, -0.15) is 0 Å². The highest BCUT2D eigenvalue weighted by Crippen LogP contribution is 2.17. The van der Waals surface area contributed by atoms with Gasteiger partial charge in [-0.3, -0.25) is 0 Å². The Morgan fingerprint density at radius 2 is 2.07 bits per heavy atom. The minimum absolute atomic E-state index is 0.484. The number of halogens is 1. The first kappa shape index (κ1) is 12.1. The van der Waals surface area contributed by atoms with Crippen molar-refractivity contribution in [3.8, 4) is 11.5 Å². The molecule has 0 aliphatic carbocycles. The van der Waals surface area contributed by atoms with E-state index < -0.39 is 8.07 Å². The standard InChI is InChI=1S/C11H15ClN2Si/c1-13-10-7-11(12)14-8-9(10)5-6-15(2,3)4/h7-8H,1-4H3,(H,13,14). The van der Waals surface area contributed by atoms with Gasteiger partial charge in [0.05, 0.1) is 11.3 Å². The van der Waals surface area contributed by atoms with Crippen molar-refractivity contribution in [3.05, 3.63) is 23.0 Å². The van der Waals surface area contributed by atoms with Crippen molar-refractivity contribution in [3.63, 3.8) is 0 Å². The van der Waals surface area contributed by atoms with Gasteiger partial charge in [-0.25, -0.2) is 4.98 Å². The summed E-state index contributed by atoms with van der Waals surface area (Å²) in [5.41, 5.74) is 5.14. The van der Waals surface area contributed by atoms with Gasteiger partial charge in [0.15, 0.2) is 0 Å². The average Bonchev–Trinajstić information content (AvgIpc) is 2.14. The van der Waals surface area contributed by atoms with E-state index >= 15 is 0 Å². The van der Waals surface area contributed by atoms with Gasteiger partial charge >= 0.3 is 0 Å². The van der Waals surface area contributed by atoms with Gasteiger partial charge < -0.3 is 5.32 Å². The van der Waals surface area contributed by atoms with E-state index in [4.69, 9.17) is 11.6 Å². The van der Waals surface area contributed by atoms with Crippen molar-refractivity contribution in [2.24, 2.45) is 0 Å². The molecule has 0 aromatic carbocycles. The molecule has 1 rings (SSSR count). The Hall–Kier alpha value is -0.983. The molecule has 0 bridgehead atoms. The zero-order valence-electron chi connectivity index (χ0n) is 9.48. The second-order valence-corrected chi connectivity index (χ2v) is 9.44. The Morgan fingerprint density at radius 1 is 1.40 bits per heavy atom. The summed E-state index contributed by atoms with van der Waals surface area (Å²) >= 11 is 5.80. The predicted molar refractivity (Wildman–Crippen MR) is 69.0 cm³/mol. The van der Waals surface area contributed by atoms with E-state index in [1.54, 1.807) is 12.3 Å². The van der Waals surface area contributed by atoms with Crippen LogP contribution in [0.15, 0.2) is 12.3 Å². The number of pyridine rings is 1. The SMILES string of the molecule is CNc1cc(Cl)ncc1C#C[Si](C)(C)C. The van der Waals surface area contributed by atoms with E-state index in [1.165, 1.54) is 0 Å². The van der Waals surface area contributed by atoms with Crippen molar-refractivity contribution in [1.29, 1.82) is 0 Å². The molecule has 0 unspecified atom stereocenters. The summed E-state index contributed by atoms with van der Waals surface area (Å²) in [4.78, 5) is 4.03. The third kappa shape index (κ3) is 3.94. The van der Waals surface area contributed by atoms with Crippen molar-refractivity contribution in [1.82, 2.24) is 4.98 Å². The summed E-state index contributed by atoms with van der Waals surface area (Å²) in [6.07, 6.45) is 1.71. The van der Waals surface area contributed by atoms with Crippen molar-refractivity contribution in [2.75, 3.05) is 12.4 Å². The predicted octanol–water partition coefficient (Wildman–Crippen LogP) is 3.01. The topological polar surface area (TPSA) is 24.9 Å². The summed E-state index contributed by atoms with van der Waals surface area (Å²) in [7, 11) is 0.514. The lowest BCUT2D eigenvalue weighted by atomic mass is 10.2. The first-order chi connectivity index (χ1) is 6.92. The molecule has 0 fully saturated rings. The molecule has 0 spiro atoms. The molecule has 0 saturated heterocycles. The lowest BCUT2D eigenvalue weighted by Crippen LogP contribution is -2.16. The van der Waals surface area contributed by atoms with Crippen LogP contribution in [0.3, 0.4) is 0 Å². The van der Waals surface area contributed by atoms with Crippen LogP contribution in [0, 0.1) is 11.5 Å². The number of hydrogen-bond donors (Lipinski definition) is 1. The highest BCUT2D eigenvalue weighted by atomic mass is 35.5. The molecule has 80 valence electrons. The Bertz CT molecular complexity index is 413. The monoisotopic (exact) mass is 238 g/mol. The molecule has 0 aliphatic heterocycles. The molecule has 0 amide bonds. The zero-order chi connectivity index (χ0) is 11.5. The highest BCUT2D eigenvalue weighted by Gasteiger charge is 2.08. The first-order valence-corrected chi connectivity index (χ1v) is 8.66. The van der Waals surface area contributed by atoms with Crippen LogP contribution in [-0.4, -0.2) is 20.1 Å². The van der Waals surface area contributed by atoms with Crippen LogP contribution in [0.4, 0.5) is 5.69 Å². The van der Waals surface area contributed by atoms with Crippen molar-refractivity contribution < 1.29 is 0 Å². The summed E-state index contributed by atoms with van der Waals surface area (Å²) in [5, 5.41) is 3.55. The number of anilines is 1. The fraction of sp³-hybridized carbons (Fsp3) is 0.364. The molecule has 0 atom stereocenters. The molecular formula is C11H15ClN2Si. The van der Waals surface area contributed by atoms with Crippen LogP contribution in [-0.2, 0) is 0 Å². The smallest absolute Gasteiger partial charge is 0.131 e. The van der Waals surface area contributed by atoms with Gasteiger partial charge in [0, 0.05) is 13.2 Å². The number of nitrogens with zero attached hydrogens (tertiary/aromatic N) is 1. The van der Waals surface area contributed by atoms with Gasteiger partial charge in [-0.05, 0) is 6.07 Å². The second kappa shape index (κ2) is 4.69. The normalized spacial score (nSPS) is 10.5. The van der Waals surface area contributed by atoms with Gasteiger partial charge in [-0.15, -0.1) is 5.54 Å². The Morgan fingerprint density at radius 3 is 2.60 bits per heavy atom. The number of rotatable bonds is 1. The quantitative estimate of drug-likeness (QED) is 0.462. The van der Waals surface area contributed by atoms with Crippen LogP contribution in [0.2, 0.25) is 24.8 Å². The van der Waals surface area contributed by atoms with Crippen LogP contribution in [0.25, 0.3) is 0 Å². The maximum atomic E-state index is 5.80. The van der Waals surface area contributed by atoms with E-state index in [1.807, 2.05) is 7.05 Å². The third-order valence-electron chi connectivity index (χ3n) is 1.71. The van der Waals surface area contributed by atoms with Gasteiger partial charge in [-0.1, -0.05) is 37.2 Å². The number of nitrogens with one attached hydrogen (secondary N) is 1. The summed E-state index contributed by atoms with van der Waals surface area (Å²) in [5.74, 6) is 3.16. The minimum Gasteiger partial charge on any atom is -0.387 e. The van der Waals surface area contributed by atoms with Crippen LogP contribution in [0.5, 0.6) is 0 Å². The fourth-order valence-electron chi connectivity index (χ4n) is 0.991. The molecule has 1 aromatic rings. The molecule has 4 heteroatoms. The van der Waals surface area contributed by atoms with Crippen LogP contribution >= 0.6 is 11.6 Å². The van der Waals surface area contributed by atoms with Crippen molar-refractivity contribution >= 4 is 25.4 Å². The van der Waals surface area contributed by atoms with E-state index in [9.17, 15) is 0 Å². The summed E-state index contributed by atoms with van der Waals surface area (Å²) in [6.45, 7) is 6.63. The van der Waals surface area contributed by atoms with Gasteiger partial charge in [0.1, 0.15) is 13.2 Å². The summed E-state index contributed by atoms with van der Waals surface area (Å²) < 4.78 is 0. The second-order valence-electron chi connectivity index (χ2n) is 4.30. The van der Waals surface area contributed by atoms with Crippen LogP contribution < -0.4 is 5.32 Å². The number of hydrogen-bond acceptors (Lipinski definition) is 2. The maximum Gasteiger partial charge on any atom is 0.131 e. The molecule has 1 N–H and O–H groups in total. The Kier molecular flexibility index (Phi) is 3.78. The molecule has 1 heterocycles. The van der Waals surface area contributed by atoms with E-state index in [2.05, 4.69) is 41.4 Å². The minimum atomic E-state index is -1.34. The molecule has 0 radical (unpaired) electrons. The third-order valence-corrected chi connectivity index (χ3v) is 2.79. The number of aromatic nitrogens is 1.